The first-order chi connectivity index (χ1) is 8.58. The lowest BCUT2D eigenvalue weighted by atomic mass is 10.1. The molecule has 0 atom stereocenters. The summed E-state index contributed by atoms with van der Waals surface area (Å²) < 4.78 is 12.7. The number of nitrogen functional groups attached to an aromatic ring is 1. The minimum absolute atomic E-state index is 0.193. The summed E-state index contributed by atoms with van der Waals surface area (Å²) in [6.07, 6.45) is 1.01. The van der Waals surface area contributed by atoms with Crippen molar-refractivity contribution in [3.8, 4) is 0 Å². The molecule has 0 spiro atoms. The van der Waals surface area contributed by atoms with Crippen molar-refractivity contribution in [3.63, 3.8) is 0 Å². The number of nitrogens with one attached hydrogen (secondary N) is 1. The third-order valence-electron chi connectivity index (χ3n) is 2.27. The molecule has 0 saturated heterocycles. The van der Waals surface area contributed by atoms with Crippen LogP contribution in [0.2, 0.25) is 5.02 Å². The number of rotatable bonds is 2. The van der Waals surface area contributed by atoms with Crippen LogP contribution in [0.4, 0.5) is 15.9 Å². The zero-order valence-electron chi connectivity index (χ0n) is 9.15. The molecule has 18 heavy (non-hydrogen) atoms. The standard InChI is InChI=1S/C12H9ClFN3O/c13-9-3-1-2-8(11(9)15)12(18)17-10-5-4-7(14)6-16-10/h1-6H,15H2,(H,16,17,18). The maximum absolute atomic E-state index is 12.7. The molecule has 0 aliphatic rings. The van der Waals surface area contributed by atoms with Gasteiger partial charge in [0.1, 0.15) is 11.6 Å². The van der Waals surface area contributed by atoms with Gasteiger partial charge < -0.3 is 11.1 Å². The molecule has 0 aliphatic carbocycles. The number of hydrogen-bond acceptors (Lipinski definition) is 3. The Morgan fingerprint density at radius 2 is 2.11 bits per heavy atom. The van der Waals surface area contributed by atoms with Crippen LogP contribution in [0.15, 0.2) is 36.5 Å². The Morgan fingerprint density at radius 1 is 1.33 bits per heavy atom. The normalized spacial score (nSPS) is 10.1. The van der Waals surface area contributed by atoms with E-state index in [4.69, 9.17) is 17.3 Å². The molecule has 0 aliphatic heterocycles. The average Bonchev–Trinajstić information content (AvgIpc) is 2.35. The first-order valence-electron chi connectivity index (χ1n) is 5.05. The number of amides is 1. The van der Waals surface area contributed by atoms with E-state index in [0.29, 0.717) is 5.02 Å². The fourth-order valence-corrected chi connectivity index (χ4v) is 1.54. The van der Waals surface area contributed by atoms with Gasteiger partial charge in [-0.15, -0.1) is 0 Å². The van der Waals surface area contributed by atoms with Gasteiger partial charge in [0, 0.05) is 0 Å². The molecule has 0 fully saturated rings. The van der Waals surface area contributed by atoms with Gasteiger partial charge in [0.25, 0.3) is 5.91 Å². The monoisotopic (exact) mass is 265 g/mol. The van der Waals surface area contributed by atoms with E-state index < -0.39 is 11.7 Å². The van der Waals surface area contributed by atoms with Gasteiger partial charge in [-0.3, -0.25) is 4.79 Å². The molecule has 0 unspecified atom stereocenters. The van der Waals surface area contributed by atoms with Crippen LogP contribution in [0.3, 0.4) is 0 Å². The number of pyridine rings is 1. The molecule has 0 saturated carbocycles. The number of carbonyl (C=O) groups excluding carboxylic acids is 1. The summed E-state index contributed by atoms with van der Waals surface area (Å²) in [4.78, 5) is 15.6. The zero-order valence-corrected chi connectivity index (χ0v) is 9.91. The molecular weight excluding hydrogens is 257 g/mol. The Morgan fingerprint density at radius 3 is 2.78 bits per heavy atom. The summed E-state index contributed by atoms with van der Waals surface area (Å²) in [6.45, 7) is 0. The largest absolute Gasteiger partial charge is 0.397 e. The molecule has 0 radical (unpaired) electrons. The number of nitrogens with zero attached hydrogens (tertiary/aromatic N) is 1. The second-order valence-corrected chi connectivity index (χ2v) is 3.92. The first kappa shape index (κ1) is 12.3. The number of nitrogens with two attached hydrogens (primary N) is 1. The van der Waals surface area contributed by atoms with Gasteiger partial charge in [0.05, 0.1) is 22.5 Å². The van der Waals surface area contributed by atoms with Crippen molar-refractivity contribution in [2.45, 2.75) is 0 Å². The van der Waals surface area contributed by atoms with Gasteiger partial charge in [-0.05, 0) is 24.3 Å². The Bertz CT molecular complexity index is 586. The third kappa shape index (κ3) is 2.57. The minimum Gasteiger partial charge on any atom is -0.397 e. The molecule has 3 N–H and O–H groups in total. The molecule has 2 rings (SSSR count). The van der Waals surface area contributed by atoms with E-state index in [9.17, 15) is 9.18 Å². The number of para-hydroxylation sites is 1. The highest BCUT2D eigenvalue weighted by molar-refractivity contribution is 6.34. The quantitative estimate of drug-likeness (QED) is 0.821. The van der Waals surface area contributed by atoms with Crippen molar-refractivity contribution >= 4 is 29.0 Å². The molecule has 1 aromatic heterocycles. The number of carbonyl (C=O) groups is 1. The van der Waals surface area contributed by atoms with E-state index in [1.165, 1.54) is 12.1 Å². The smallest absolute Gasteiger partial charge is 0.258 e. The maximum Gasteiger partial charge on any atom is 0.258 e. The zero-order chi connectivity index (χ0) is 13.1. The summed E-state index contributed by atoms with van der Waals surface area (Å²) >= 11 is 5.81. The molecule has 1 amide bonds. The van der Waals surface area contributed by atoms with Crippen LogP contribution in [0.5, 0.6) is 0 Å². The van der Waals surface area contributed by atoms with Crippen LogP contribution in [-0.4, -0.2) is 10.9 Å². The highest BCUT2D eigenvalue weighted by atomic mass is 35.5. The molecule has 92 valence electrons. The number of aromatic nitrogens is 1. The third-order valence-corrected chi connectivity index (χ3v) is 2.60. The molecule has 0 bridgehead atoms. The summed E-state index contributed by atoms with van der Waals surface area (Å²) in [5, 5.41) is 2.80. The van der Waals surface area contributed by atoms with Crippen molar-refractivity contribution < 1.29 is 9.18 Å². The van der Waals surface area contributed by atoms with E-state index >= 15 is 0 Å². The van der Waals surface area contributed by atoms with Crippen LogP contribution < -0.4 is 11.1 Å². The first-order valence-corrected chi connectivity index (χ1v) is 5.42. The Labute approximate surface area is 108 Å². The topological polar surface area (TPSA) is 68.0 Å². The van der Waals surface area contributed by atoms with Crippen LogP contribution in [0, 0.1) is 5.82 Å². The Kier molecular flexibility index (Phi) is 3.43. The molecular formula is C12H9ClFN3O. The molecule has 4 nitrogen and oxygen atoms in total. The van der Waals surface area contributed by atoms with Gasteiger partial charge >= 0.3 is 0 Å². The Hall–Kier alpha value is -2.14. The summed E-state index contributed by atoms with van der Waals surface area (Å²) in [6, 6.07) is 7.30. The van der Waals surface area contributed by atoms with Gasteiger partial charge in [-0.1, -0.05) is 17.7 Å². The molecule has 6 heteroatoms. The van der Waals surface area contributed by atoms with E-state index in [2.05, 4.69) is 10.3 Å². The second kappa shape index (κ2) is 5.01. The number of benzene rings is 1. The highest BCUT2D eigenvalue weighted by Gasteiger charge is 2.12. The fourth-order valence-electron chi connectivity index (χ4n) is 1.37. The van der Waals surface area contributed by atoms with E-state index in [1.807, 2.05) is 0 Å². The van der Waals surface area contributed by atoms with Crippen LogP contribution >= 0.6 is 11.6 Å². The van der Waals surface area contributed by atoms with Crippen LogP contribution in [0.1, 0.15) is 10.4 Å². The van der Waals surface area contributed by atoms with Crippen molar-refractivity contribution in [1.82, 2.24) is 4.98 Å². The number of hydrogen-bond donors (Lipinski definition) is 2. The molecule has 2 aromatic rings. The van der Waals surface area contributed by atoms with Gasteiger partial charge in [0.15, 0.2) is 0 Å². The highest BCUT2D eigenvalue weighted by Crippen LogP contribution is 2.23. The van der Waals surface area contributed by atoms with Gasteiger partial charge in [0.2, 0.25) is 0 Å². The summed E-state index contributed by atoms with van der Waals surface area (Å²) in [5.74, 6) is -0.690. The van der Waals surface area contributed by atoms with E-state index in [0.717, 1.165) is 6.20 Å². The summed E-state index contributed by atoms with van der Waals surface area (Å²) in [7, 11) is 0. The number of anilines is 2. The SMILES string of the molecule is Nc1c(Cl)cccc1C(=O)Nc1ccc(F)cn1. The van der Waals surface area contributed by atoms with E-state index in [1.54, 1.807) is 18.2 Å². The van der Waals surface area contributed by atoms with Crippen molar-refractivity contribution in [2.75, 3.05) is 11.1 Å². The summed E-state index contributed by atoms with van der Waals surface area (Å²) in [5.41, 5.74) is 6.13. The van der Waals surface area contributed by atoms with E-state index in [-0.39, 0.29) is 17.1 Å². The molecule has 1 heterocycles. The lowest BCUT2D eigenvalue weighted by Gasteiger charge is -2.07. The second-order valence-electron chi connectivity index (χ2n) is 3.52. The van der Waals surface area contributed by atoms with Crippen LogP contribution in [-0.2, 0) is 0 Å². The Balaban J connectivity index is 2.22. The lowest BCUT2D eigenvalue weighted by molar-refractivity contribution is 0.102. The maximum atomic E-state index is 12.7. The van der Waals surface area contributed by atoms with Gasteiger partial charge in [-0.25, -0.2) is 9.37 Å². The lowest BCUT2D eigenvalue weighted by Crippen LogP contribution is -2.15. The minimum atomic E-state index is -0.477. The van der Waals surface area contributed by atoms with Crippen molar-refractivity contribution in [3.05, 3.63) is 52.9 Å². The fraction of sp³-hybridized carbons (Fsp3) is 0. The van der Waals surface area contributed by atoms with Crippen LogP contribution in [0.25, 0.3) is 0 Å². The average molecular weight is 266 g/mol. The van der Waals surface area contributed by atoms with Crippen molar-refractivity contribution in [1.29, 1.82) is 0 Å². The van der Waals surface area contributed by atoms with Gasteiger partial charge in [-0.2, -0.15) is 0 Å². The predicted molar refractivity (Wildman–Crippen MR) is 68.0 cm³/mol. The predicted octanol–water partition coefficient (Wildman–Crippen LogP) is 2.71. The van der Waals surface area contributed by atoms with Crippen molar-refractivity contribution in [2.24, 2.45) is 0 Å². The number of halogens is 2. The molecule has 1 aromatic carbocycles.